The molecule has 3 heteroatoms. The number of rotatable bonds is 3. The molecule has 88 valence electrons. The van der Waals surface area contributed by atoms with Crippen LogP contribution >= 0.6 is 15.9 Å². The Kier molecular flexibility index (Phi) is 3.38. The number of benzene rings is 1. The zero-order valence-corrected chi connectivity index (χ0v) is 11.3. The van der Waals surface area contributed by atoms with Crippen LogP contribution in [-0.4, -0.2) is 12.1 Å². The number of hydrogen-bond acceptors (Lipinski definition) is 2. The molecule has 1 aromatic rings. The van der Waals surface area contributed by atoms with Crippen LogP contribution in [-0.2, 0) is 11.3 Å². The normalized spacial score (nSPS) is 27.5. The molecular weight excluding hydrogens is 266 g/mol. The van der Waals surface area contributed by atoms with Crippen LogP contribution in [0.5, 0.6) is 0 Å². The first-order chi connectivity index (χ1) is 7.51. The lowest BCUT2D eigenvalue weighted by molar-refractivity contribution is -0.115. The van der Waals surface area contributed by atoms with Crippen LogP contribution in [0.3, 0.4) is 0 Å². The summed E-state index contributed by atoms with van der Waals surface area (Å²) in [5.41, 5.74) is 7.26. The van der Waals surface area contributed by atoms with Crippen molar-refractivity contribution in [3.63, 3.8) is 0 Å². The van der Waals surface area contributed by atoms with Gasteiger partial charge in [-0.2, -0.15) is 0 Å². The van der Waals surface area contributed by atoms with E-state index in [0.717, 1.165) is 10.9 Å². The molecule has 2 atom stereocenters. The third-order valence-electron chi connectivity index (χ3n) is 3.65. The molecule has 1 aliphatic carbocycles. The van der Waals surface area contributed by atoms with E-state index >= 15 is 0 Å². The highest BCUT2D eigenvalue weighted by atomic mass is 79.9. The van der Waals surface area contributed by atoms with Gasteiger partial charge in [0.2, 0.25) is 0 Å². The Morgan fingerprint density at radius 1 is 1.44 bits per heavy atom. The lowest BCUT2D eigenvalue weighted by Gasteiger charge is -2.49. The molecule has 2 unspecified atom stereocenters. The molecule has 0 heterocycles. The molecule has 0 spiro atoms. The smallest absolute Gasteiger partial charge is 0.0731 e. The molecule has 1 aliphatic rings. The number of ether oxygens (including phenoxy) is 1. The Labute approximate surface area is 105 Å². The molecule has 0 saturated heterocycles. The van der Waals surface area contributed by atoms with Crippen molar-refractivity contribution < 1.29 is 4.74 Å². The maximum atomic E-state index is 5.96. The van der Waals surface area contributed by atoms with Crippen molar-refractivity contribution in [3.8, 4) is 0 Å². The Balaban J connectivity index is 1.92. The van der Waals surface area contributed by atoms with E-state index in [0.29, 0.717) is 6.61 Å². The third kappa shape index (κ3) is 2.17. The summed E-state index contributed by atoms with van der Waals surface area (Å²) in [7, 11) is 0. The fraction of sp³-hybridized carbons (Fsp3) is 0.538. The van der Waals surface area contributed by atoms with Crippen LogP contribution in [0, 0.1) is 5.41 Å². The summed E-state index contributed by atoms with van der Waals surface area (Å²) < 4.78 is 7.03. The molecule has 0 radical (unpaired) electrons. The molecule has 0 bridgehead atoms. The van der Waals surface area contributed by atoms with Crippen LogP contribution in [0.25, 0.3) is 0 Å². The highest BCUT2D eigenvalue weighted by Crippen LogP contribution is 2.41. The standard InChI is InChI=1S/C13H18BrNO/c1-13(2)11(15)7-12(13)16-8-9-5-3-4-6-10(9)14/h3-6,11-12H,7-8,15H2,1-2H3. The fourth-order valence-corrected chi connectivity index (χ4v) is 2.40. The summed E-state index contributed by atoms with van der Waals surface area (Å²) in [6.07, 6.45) is 1.26. The van der Waals surface area contributed by atoms with E-state index in [1.54, 1.807) is 0 Å². The molecular formula is C13H18BrNO. The van der Waals surface area contributed by atoms with Gasteiger partial charge in [0.15, 0.2) is 0 Å². The van der Waals surface area contributed by atoms with Crippen LogP contribution < -0.4 is 5.73 Å². The minimum atomic E-state index is 0.112. The number of hydrogen-bond donors (Lipinski definition) is 1. The predicted octanol–water partition coefficient (Wildman–Crippen LogP) is 3.09. The first kappa shape index (κ1) is 12.1. The molecule has 2 nitrogen and oxygen atoms in total. The van der Waals surface area contributed by atoms with Crippen molar-refractivity contribution in [1.82, 2.24) is 0 Å². The summed E-state index contributed by atoms with van der Waals surface area (Å²) in [4.78, 5) is 0. The second kappa shape index (κ2) is 4.47. The van der Waals surface area contributed by atoms with Crippen molar-refractivity contribution >= 4 is 15.9 Å². The third-order valence-corrected chi connectivity index (χ3v) is 4.42. The molecule has 16 heavy (non-hydrogen) atoms. The van der Waals surface area contributed by atoms with Gasteiger partial charge < -0.3 is 10.5 Å². The SMILES string of the molecule is CC1(C)C(N)CC1OCc1ccccc1Br. The molecule has 0 aliphatic heterocycles. The zero-order chi connectivity index (χ0) is 11.8. The predicted molar refractivity (Wildman–Crippen MR) is 69.1 cm³/mol. The second-order valence-corrected chi connectivity index (χ2v) is 5.91. The monoisotopic (exact) mass is 283 g/mol. The van der Waals surface area contributed by atoms with Crippen LogP contribution in [0.4, 0.5) is 0 Å². The molecule has 2 N–H and O–H groups in total. The van der Waals surface area contributed by atoms with Crippen LogP contribution in [0.15, 0.2) is 28.7 Å². The molecule has 0 aromatic heterocycles. The first-order valence-corrected chi connectivity index (χ1v) is 6.41. The van der Waals surface area contributed by atoms with Crippen LogP contribution in [0.2, 0.25) is 0 Å². The van der Waals surface area contributed by atoms with Gasteiger partial charge in [0.1, 0.15) is 0 Å². The maximum Gasteiger partial charge on any atom is 0.0731 e. The van der Waals surface area contributed by atoms with E-state index in [4.69, 9.17) is 10.5 Å². The highest BCUT2D eigenvalue weighted by molar-refractivity contribution is 9.10. The second-order valence-electron chi connectivity index (χ2n) is 5.05. The van der Waals surface area contributed by atoms with Gasteiger partial charge in [0.25, 0.3) is 0 Å². The molecule has 2 rings (SSSR count). The van der Waals surface area contributed by atoms with Gasteiger partial charge in [-0.3, -0.25) is 0 Å². The van der Waals surface area contributed by atoms with Crippen molar-refractivity contribution in [3.05, 3.63) is 34.3 Å². The molecule has 1 saturated carbocycles. The minimum absolute atomic E-state index is 0.112. The maximum absolute atomic E-state index is 5.96. The van der Waals surface area contributed by atoms with Gasteiger partial charge in [-0.1, -0.05) is 48.0 Å². The van der Waals surface area contributed by atoms with Crippen molar-refractivity contribution in [2.24, 2.45) is 11.1 Å². The van der Waals surface area contributed by atoms with Gasteiger partial charge in [-0.05, 0) is 18.1 Å². The van der Waals surface area contributed by atoms with E-state index in [1.807, 2.05) is 18.2 Å². The van der Waals surface area contributed by atoms with E-state index in [2.05, 4.69) is 35.8 Å². The van der Waals surface area contributed by atoms with Crippen LogP contribution in [0.1, 0.15) is 25.8 Å². The van der Waals surface area contributed by atoms with E-state index in [1.165, 1.54) is 5.56 Å². The molecule has 0 amide bonds. The lowest BCUT2D eigenvalue weighted by atomic mass is 9.65. The highest BCUT2D eigenvalue weighted by Gasteiger charge is 2.46. The summed E-state index contributed by atoms with van der Waals surface area (Å²) in [5, 5.41) is 0. The van der Waals surface area contributed by atoms with Crippen molar-refractivity contribution in [2.45, 2.75) is 39.0 Å². The van der Waals surface area contributed by atoms with Gasteiger partial charge in [-0.15, -0.1) is 0 Å². The van der Waals surface area contributed by atoms with Crippen molar-refractivity contribution in [1.29, 1.82) is 0 Å². The largest absolute Gasteiger partial charge is 0.373 e. The van der Waals surface area contributed by atoms with Gasteiger partial charge in [-0.25, -0.2) is 0 Å². The summed E-state index contributed by atoms with van der Waals surface area (Å²) in [6.45, 7) is 5.00. The fourth-order valence-electron chi connectivity index (χ4n) is 2.01. The Morgan fingerprint density at radius 2 is 2.12 bits per heavy atom. The topological polar surface area (TPSA) is 35.2 Å². The molecule has 1 aromatic carbocycles. The van der Waals surface area contributed by atoms with E-state index in [-0.39, 0.29) is 17.6 Å². The van der Waals surface area contributed by atoms with E-state index in [9.17, 15) is 0 Å². The number of nitrogens with two attached hydrogens (primary N) is 1. The zero-order valence-electron chi connectivity index (χ0n) is 9.74. The number of halogens is 1. The Bertz CT molecular complexity index is 378. The summed E-state index contributed by atoms with van der Waals surface area (Å²) in [5.74, 6) is 0. The average Bonchev–Trinajstić information content (AvgIpc) is 2.26. The Morgan fingerprint density at radius 3 is 2.69 bits per heavy atom. The quantitative estimate of drug-likeness (QED) is 0.925. The van der Waals surface area contributed by atoms with Gasteiger partial charge in [0, 0.05) is 15.9 Å². The van der Waals surface area contributed by atoms with Crippen molar-refractivity contribution in [2.75, 3.05) is 0 Å². The molecule has 1 fully saturated rings. The minimum Gasteiger partial charge on any atom is -0.373 e. The van der Waals surface area contributed by atoms with E-state index < -0.39 is 0 Å². The van der Waals surface area contributed by atoms with Gasteiger partial charge in [0.05, 0.1) is 12.7 Å². The summed E-state index contributed by atoms with van der Waals surface area (Å²) in [6, 6.07) is 8.43. The average molecular weight is 284 g/mol. The summed E-state index contributed by atoms with van der Waals surface area (Å²) >= 11 is 3.52. The Hall–Kier alpha value is -0.380. The van der Waals surface area contributed by atoms with Gasteiger partial charge >= 0.3 is 0 Å². The first-order valence-electron chi connectivity index (χ1n) is 5.62. The lowest BCUT2D eigenvalue weighted by Crippen LogP contribution is -2.58.